The van der Waals surface area contributed by atoms with Gasteiger partial charge in [0.1, 0.15) is 5.03 Å². The van der Waals surface area contributed by atoms with E-state index < -0.39 is 11.6 Å². The van der Waals surface area contributed by atoms with Crippen LogP contribution in [-0.2, 0) is 0 Å². The van der Waals surface area contributed by atoms with Gasteiger partial charge in [0.2, 0.25) is 0 Å². The van der Waals surface area contributed by atoms with Gasteiger partial charge in [0.05, 0.1) is 0 Å². The summed E-state index contributed by atoms with van der Waals surface area (Å²) in [6, 6.07) is 0.764. The molecule has 0 fully saturated rings. The van der Waals surface area contributed by atoms with E-state index in [1.54, 1.807) is 0 Å². The highest BCUT2D eigenvalue weighted by Gasteiger charge is 2.09. The summed E-state index contributed by atoms with van der Waals surface area (Å²) in [5.74, 6) is -1.05. The Bertz CT molecular complexity index is 344. The maximum absolute atomic E-state index is 13.2. The predicted octanol–water partition coefficient (Wildman–Crippen LogP) is 1.60. The van der Waals surface area contributed by atoms with Crippen molar-refractivity contribution in [1.82, 2.24) is 9.88 Å². The fraction of sp³-hybridized carbons (Fsp3) is 0.444. The van der Waals surface area contributed by atoms with Crippen LogP contribution in [0, 0.1) is 11.6 Å². The van der Waals surface area contributed by atoms with Gasteiger partial charge >= 0.3 is 0 Å². The van der Waals surface area contributed by atoms with Gasteiger partial charge in [0.15, 0.2) is 17.5 Å². The summed E-state index contributed by atoms with van der Waals surface area (Å²) in [6.45, 7) is 0.795. The maximum Gasteiger partial charge on any atom is 0.168 e. The number of hydrogen-bond acceptors (Lipinski definition) is 4. The molecule has 0 aliphatic heterocycles. The molecule has 0 aliphatic carbocycles. The van der Waals surface area contributed by atoms with Crippen molar-refractivity contribution >= 4 is 17.6 Å². The Kier molecular flexibility index (Phi) is 4.28. The highest BCUT2D eigenvalue weighted by Crippen LogP contribution is 2.22. The Morgan fingerprint density at radius 2 is 2.07 bits per heavy atom. The molecule has 0 atom stereocenters. The molecule has 2 N–H and O–H groups in total. The van der Waals surface area contributed by atoms with Crippen LogP contribution in [0.3, 0.4) is 0 Å². The smallest absolute Gasteiger partial charge is 0.168 e. The minimum Gasteiger partial charge on any atom is -0.381 e. The molecule has 0 aromatic carbocycles. The second kappa shape index (κ2) is 5.27. The predicted molar refractivity (Wildman–Crippen MR) is 57.8 cm³/mol. The number of hydrogen-bond donors (Lipinski definition) is 1. The van der Waals surface area contributed by atoms with Crippen LogP contribution in [0.4, 0.5) is 14.6 Å². The van der Waals surface area contributed by atoms with Crippen molar-refractivity contribution in [2.75, 3.05) is 32.1 Å². The number of anilines is 1. The Morgan fingerprint density at radius 3 is 2.67 bits per heavy atom. The van der Waals surface area contributed by atoms with Gasteiger partial charge in [0.25, 0.3) is 0 Å². The molecule has 1 heterocycles. The molecule has 84 valence electrons. The van der Waals surface area contributed by atoms with Gasteiger partial charge in [-0.05, 0) is 14.1 Å². The summed E-state index contributed by atoms with van der Waals surface area (Å²) < 4.78 is 25.9. The Hall–Kier alpha value is -0.880. The molecule has 3 nitrogen and oxygen atoms in total. The van der Waals surface area contributed by atoms with Crippen molar-refractivity contribution in [2.24, 2.45) is 0 Å². The molecule has 0 radical (unpaired) electrons. The third kappa shape index (κ3) is 3.64. The first-order chi connectivity index (χ1) is 7.00. The number of nitrogens with zero attached hydrogens (tertiary/aromatic N) is 2. The van der Waals surface area contributed by atoms with Crippen molar-refractivity contribution in [3.8, 4) is 0 Å². The second-order valence-electron chi connectivity index (χ2n) is 3.29. The molecule has 6 heteroatoms. The number of halogens is 2. The number of thioether (sulfide) groups is 1. The van der Waals surface area contributed by atoms with Crippen molar-refractivity contribution < 1.29 is 8.78 Å². The van der Waals surface area contributed by atoms with Crippen molar-refractivity contribution in [1.29, 1.82) is 0 Å². The topological polar surface area (TPSA) is 42.2 Å². The van der Waals surface area contributed by atoms with Crippen LogP contribution >= 0.6 is 11.8 Å². The number of aromatic nitrogens is 1. The van der Waals surface area contributed by atoms with Gasteiger partial charge in [0, 0.05) is 18.4 Å². The van der Waals surface area contributed by atoms with E-state index in [9.17, 15) is 8.78 Å². The van der Waals surface area contributed by atoms with Gasteiger partial charge in [-0.3, -0.25) is 0 Å². The zero-order valence-corrected chi connectivity index (χ0v) is 9.44. The largest absolute Gasteiger partial charge is 0.381 e. The number of nitrogens with two attached hydrogens (primary N) is 1. The van der Waals surface area contributed by atoms with E-state index in [4.69, 9.17) is 5.73 Å². The molecule has 1 aromatic heterocycles. The number of rotatable bonds is 4. The standard InChI is InChI=1S/C9H13F2N3S/c1-14(2)3-4-15-9-7(11)5-6(10)8(12)13-9/h5H,3-4H2,1-2H3,(H2,12,13). The van der Waals surface area contributed by atoms with Crippen molar-refractivity contribution in [3.63, 3.8) is 0 Å². The van der Waals surface area contributed by atoms with E-state index in [0.717, 1.165) is 12.6 Å². The van der Waals surface area contributed by atoms with Gasteiger partial charge in [-0.15, -0.1) is 11.8 Å². The van der Waals surface area contributed by atoms with Gasteiger partial charge < -0.3 is 10.6 Å². The summed E-state index contributed by atoms with van der Waals surface area (Å²) in [5, 5.41) is 0.149. The van der Waals surface area contributed by atoms with Crippen LogP contribution in [0.25, 0.3) is 0 Å². The van der Waals surface area contributed by atoms with Crippen LogP contribution in [0.15, 0.2) is 11.1 Å². The zero-order chi connectivity index (χ0) is 11.4. The monoisotopic (exact) mass is 233 g/mol. The lowest BCUT2D eigenvalue weighted by Crippen LogP contribution is -2.15. The first-order valence-corrected chi connectivity index (χ1v) is 5.38. The fourth-order valence-electron chi connectivity index (χ4n) is 0.889. The first-order valence-electron chi connectivity index (χ1n) is 4.39. The van der Waals surface area contributed by atoms with E-state index in [2.05, 4.69) is 4.98 Å². The summed E-state index contributed by atoms with van der Waals surface area (Å²) >= 11 is 1.22. The van der Waals surface area contributed by atoms with E-state index in [1.165, 1.54) is 11.8 Å². The zero-order valence-electron chi connectivity index (χ0n) is 8.63. The van der Waals surface area contributed by atoms with E-state index in [1.807, 2.05) is 19.0 Å². The molecule has 0 bridgehead atoms. The normalized spacial score (nSPS) is 11.0. The minimum absolute atomic E-state index is 0.149. The molecular weight excluding hydrogens is 220 g/mol. The summed E-state index contributed by atoms with van der Waals surface area (Å²) in [4.78, 5) is 5.61. The lowest BCUT2D eigenvalue weighted by Gasteiger charge is -2.09. The molecular formula is C9H13F2N3S. The van der Waals surface area contributed by atoms with Crippen LogP contribution in [0.2, 0.25) is 0 Å². The molecule has 0 aliphatic rings. The lowest BCUT2D eigenvalue weighted by molar-refractivity contribution is 0.437. The molecule has 0 unspecified atom stereocenters. The summed E-state index contributed by atoms with van der Waals surface area (Å²) in [6.07, 6.45) is 0. The highest BCUT2D eigenvalue weighted by atomic mass is 32.2. The van der Waals surface area contributed by atoms with E-state index in [0.29, 0.717) is 5.75 Å². The molecule has 0 saturated heterocycles. The molecule has 0 saturated carbocycles. The number of pyridine rings is 1. The van der Waals surface area contributed by atoms with E-state index in [-0.39, 0.29) is 10.8 Å². The molecule has 15 heavy (non-hydrogen) atoms. The SMILES string of the molecule is CN(C)CCSc1nc(N)c(F)cc1F. The van der Waals surface area contributed by atoms with Crippen LogP contribution in [-0.4, -0.2) is 36.3 Å². The second-order valence-corrected chi connectivity index (χ2v) is 4.38. The molecule has 0 amide bonds. The van der Waals surface area contributed by atoms with Crippen molar-refractivity contribution in [3.05, 3.63) is 17.7 Å². The van der Waals surface area contributed by atoms with Crippen LogP contribution in [0.5, 0.6) is 0 Å². The molecule has 1 aromatic rings. The van der Waals surface area contributed by atoms with Gasteiger partial charge in [-0.1, -0.05) is 0 Å². The number of nitrogen functional groups attached to an aromatic ring is 1. The average Bonchev–Trinajstić information content (AvgIpc) is 2.13. The summed E-state index contributed by atoms with van der Waals surface area (Å²) in [5.41, 5.74) is 5.24. The first kappa shape index (κ1) is 12.2. The lowest BCUT2D eigenvalue weighted by atomic mass is 10.4. The molecule has 1 rings (SSSR count). The van der Waals surface area contributed by atoms with Gasteiger partial charge in [-0.25, -0.2) is 13.8 Å². The van der Waals surface area contributed by atoms with E-state index >= 15 is 0 Å². The van der Waals surface area contributed by atoms with Crippen LogP contribution in [0.1, 0.15) is 0 Å². The maximum atomic E-state index is 13.2. The Morgan fingerprint density at radius 1 is 1.40 bits per heavy atom. The highest BCUT2D eigenvalue weighted by molar-refractivity contribution is 7.99. The minimum atomic E-state index is -0.815. The van der Waals surface area contributed by atoms with Crippen LogP contribution < -0.4 is 5.73 Å². The average molecular weight is 233 g/mol. The fourth-order valence-corrected chi connectivity index (χ4v) is 1.90. The molecule has 0 spiro atoms. The third-order valence-corrected chi connectivity index (χ3v) is 2.65. The van der Waals surface area contributed by atoms with Crippen molar-refractivity contribution in [2.45, 2.75) is 5.03 Å². The Labute approximate surface area is 91.7 Å². The third-order valence-electron chi connectivity index (χ3n) is 1.70. The quantitative estimate of drug-likeness (QED) is 0.802. The summed E-state index contributed by atoms with van der Waals surface area (Å²) in [7, 11) is 3.84. The Balaban J connectivity index is 2.65. The van der Waals surface area contributed by atoms with Gasteiger partial charge in [-0.2, -0.15) is 0 Å².